The lowest BCUT2D eigenvalue weighted by atomic mass is 10.1. The summed E-state index contributed by atoms with van der Waals surface area (Å²) in [6.07, 6.45) is 2.92. The van der Waals surface area contributed by atoms with Crippen LogP contribution in [0.2, 0.25) is 0 Å². The minimum Gasteiger partial charge on any atom is -0.345 e. The molecule has 2 fully saturated rings. The highest BCUT2D eigenvalue weighted by Crippen LogP contribution is 2.19. The largest absolute Gasteiger partial charge is 0.345 e. The number of ketones is 1. The summed E-state index contributed by atoms with van der Waals surface area (Å²) in [5.74, 6) is -0.672. The van der Waals surface area contributed by atoms with Gasteiger partial charge in [-0.1, -0.05) is 0 Å². The predicted molar refractivity (Wildman–Crippen MR) is 78.8 cm³/mol. The van der Waals surface area contributed by atoms with E-state index in [1.165, 1.54) is 18.7 Å². The van der Waals surface area contributed by atoms with E-state index in [2.05, 4.69) is 5.32 Å². The lowest BCUT2D eigenvalue weighted by Crippen LogP contribution is -2.49. The Labute approximate surface area is 130 Å². The fourth-order valence-electron chi connectivity index (χ4n) is 3.29. The summed E-state index contributed by atoms with van der Waals surface area (Å²) in [4.78, 5) is 50.4. The lowest BCUT2D eigenvalue weighted by molar-refractivity contribution is -0.139. The van der Waals surface area contributed by atoms with E-state index in [1.807, 2.05) is 0 Å². The number of carbonyl (C=O) groups excluding carboxylic acids is 4. The second-order valence-corrected chi connectivity index (χ2v) is 5.94. The molecule has 0 bridgehead atoms. The second-order valence-electron chi connectivity index (χ2n) is 5.94. The summed E-state index contributed by atoms with van der Waals surface area (Å²) in [5.41, 5.74) is 0. The smallest absolute Gasteiger partial charge is 0.243 e. The van der Waals surface area contributed by atoms with Crippen LogP contribution < -0.4 is 5.32 Å². The quantitative estimate of drug-likeness (QED) is 0.772. The van der Waals surface area contributed by atoms with Gasteiger partial charge in [0.25, 0.3) is 0 Å². The van der Waals surface area contributed by atoms with Crippen LogP contribution in [0.1, 0.15) is 39.5 Å². The number of carbonyl (C=O) groups is 4. The van der Waals surface area contributed by atoms with Crippen molar-refractivity contribution in [3.63, 3.8) is 0 Å². The van der Waals surface area contributed by atoms with Gasteiger partial charge in [0.05, 0.1) is 12.6 Å². The Bertz CT molecular complexity index is 447. The number of rotatable bonds is 4. The van der Waals surface area contributed by atoms with Crippen LogP contribution in [-0.4, -0.2) is 65.0 Å². The molecule has 2 rings (SSSR count). The molecule has 7 heteroatoms. The van der Waals surface area contributed by atoms with Gasteiger partial charge in [0.2, 0.25) is 17.7 Å². The summed E-state index contributed by atoms with van der Waals surface area (Å²) in [7, 11) is 0. The van der Waals surface area contributed by atoms with Gasteiger partial charge in [0, 0.05) is 20.0 Å². The fraction of sp³-hybridized carbons (Fsp3) is 0.733. The Morgan fingerprint density at radius 1 is 0.955 bits per heavy atom. The molecule has 1 N–H and O–H groups in total. The first kappa shape index (κ1) is 16.5. The van der Waals surface area contributed by atoms with Crippen LogP contribution in [0.3, 0.4) is 0 Å². The molecule has 122 valence electrons. The maximum atomic E-state index is 12.2. The number of nitrogens with zero attached hydrogens (tertiary/aromatic N) is 2. The van der Waals surface area contributed by atoms with E-state index in [-0.39, 0.29) is 36.1 Å². The van der Waals surface area contributed by atoms with Gasteiger partial charge in [-0.3, -0.25) is 19.2 Å². The third-order valence-electron chi connectivity index (χ3n) is 4.42. The SMILES string of the molecule is CC(=O)[C@@H]1CCCN1C(=O)CNC(=O)[C@@H]1CCCN1C(C)=O. The average Bonchev–Trinajstić information content (AvgIpc) is 3.12. The Balaban J connectivity index is 1.87. The summed E-state index contributed by atoms with van der Waals surface area (Å²) < 4.78 is 0. The Hall–Kier alpha value is -1.92. The number of hydrogen-bond acceptors (Lipinski definition) is 4. The number of Topliss-reactive ketones (excluding diaryl/α,β-unsaturated/α-hetero) is 1. The monoisotopic (exact) mass is 309 g/mol. The van der Waals surface area contributed by atoms with Crippen molar-refractivity contribution >= 4 is 23.5 Å². The number of nitrogens with one attached hydrogen (secondary N) is 1. The van der Waals surface area contributed by atoms with Crippen molar-refractivity contribution in [2.75, 3.05) is 19.6 Å². The average molecular weight is 309 g/mol. The molecule has 2 atom stereocenters. The van der Waals surface area contributed by atoms with Crippen LogP contribution in [-0.2, 0) is 19.2 Å². The summed E-state index contributed by atoms with van der Waals surface area (Å²) >= 11 is 0. The van der Waals surface area contributed by atoms with Crippen LogP contribution in [0.5, 0.6) is 0 Å². The summed E-state index contributed by atoms with van der Waals surface area (Å²) in [5, 5.41) is 2.61. The van der Waals surface area contributed by atoms with E-state index >= 15 is 0 Å². The van der Waals surface area contributed by atoms with E-state index in [0.717, 1.165) is 12.8 Å². The molecule has 0 radical (unpaired) electrons. The van der Waals surface area contributed by atoms with Crippen molar-refractivity contribution in [1.82, 2.24) is 15.1 Å². The molecule has 0 aromatic heterocycles. The van der Waals surface area contributed by atoms with E-state index in [9.17, 15) is 19.2 Å². The molecule has 2 aliphatic rings. The highest BCUT2D eigenvalue weighted by Gasteiger charge is 2.34. The highest BCUT2D eigenvalue weighted by atomic mass is 16.2. The predicted octanol–water partition coefficient (Wildman–Crippen LogP) is -0.306. The van der Waals surface area contributed by atoms with Crippen molar-refractivity contribution in [3.05, 3.63) is 0 Å². The molecular formula is C15H23N3O4. The molecule has 22 heavy (non-hydrogen) atoms. The van der Waals surface area contributed by atoms with Crippen molar-refractivity contribution in [2.24, 2.45) is 0 Å². The highest BCUT2D eigenvalue weighted by molar-refractivity contribution is 5.92. The molecule has 0 aliphatic carbocycles. The zero-order valence-corrected chi connectivity index (χ0v) is 13.1. The van der Waals surface area contributed by atoms with Gasteiger partial charge in [-0.25, -0.2) is 0 Å². The molecule has 0 spiro atoms. The number of hydrogen-bond donors (Lipinski definition) is 1. The van der Waals surface area contributed by atoms with E-state index in [4.69, 9.17) is 0 Å². The van der Waals surface area contributed by atoms with E-state index in [1.54, 1.807) is 4.90 Å². The normalized spacial score (nSPS) is 24.5. The van der Waals surface area contributed by atoms with Crippen LogP contribution >= 0.6 is 0 Å². The number of likely N-dealkylation sites (tertiary alicyclic amines) is 2. The minimum absolute atomic E-state index is 0.0178. The maximum Gasteiger partial charge on any atom is 0.243 e. The molecule has 0 aromatic rings. The van der Waals surface area contributed by atoms with Gasteiger partial charge in [0.15, 0.2) is 5.78 Å². The Morgan fingerprint density at radius 3 is 2.14 bits per heavy atom. The molecule has 0 saturated carbocycles. The second kappa shape index (κ2) is 6.89. The lowest BCUT2D eigenvalue weighted by Gasteiger charge is -2.25. The number of amides is 3. The Kier molecular flexibility index (Phi) is 5.15. The van der Waals surface area contributed by atoms with Crippen molar-refractivity contribution in [3.8, 4) is 0 Å². The van der Waals surface area contributed by atoms with Gasteiger partial charge >= 0.3 is 0 Å². The van der Waals surface area contributed by atoms with Gasteiger partial charge in [-0.15, -0.1) is 0 Å². The zero-order valence-electron chi connectivity index (χ0n) is 13.1. The van der Waals surface area contributed by atoms with E-state index < -0.39 is 6.04 Å². The van der Waals surface area contributed by atoms with Crippen molar-refractivity contribution < 1.29 is 19.2 Å². The van der Waals surface area contributed by atoms with Gasteiger partial charge < -0.3 is 15.1 Å². The van der Waals surface area contributed by atoms with Crippen LogP contribution in [0.4, 0.5) is 0 Å². The third-order valence-corrected chi connectivity index (χ3v) is 4.42. The fourth-order valence-corrected chi connectivity index (χ4v) is 3.29. The molecule has 3 amide bonds. The van der Waals surface area contributed by atoms with Gasteiger partial charge in [0.1, 0.15) is 6.04 Å². The van der Waals surface area contributed by atoms with Crippen molar-refractivity contribution in [1.29, 1.82) is 0 Å². The first-order valence-corrected chi connectivity index (χ1v) is 7.76. The minimum atomic E-state index is -0.479. The molecule has 2 aliphatic heterocycles. The van der Waals surface area contributed by atoms with Crippen LogP contribution in [0.25, 0.3) is 0 Å². The maximum absolute atomic E-state index is 12.2. The standard InChI is InChI=1S/C15H23N3O4/c1-10(19)12-5-3-8-18(12)14(21)9-16-15(22)13-6-4-7-17(13)11(2)20/h12-13H,3-9H2,1-2H3,(H,16,22)/t12-,13-/m0/s1. The zero-order chi connectivity index (χ0) is 16.3. The molecule has 0 unspecified atom stereocenters. The summed E-state index contributed by atoms with van der Waals surface area (Å²) in [6, 6.07) is -0.836. The van der Waals surface area contributed by atoms with Gasteiger partial charge in [-0.05, 0) is 32.6 Å². The molecule has 2 saturated heterocycles. The summed E-state index contributed by atoms with van der Waals surface area (Å²) in [6.45, 7) is 3.95. The third kappa shape index (κ3) is 3.45. The van der Waals surface area contributed by atoms with Crippen LogP contribution in [0, 0.1) is 0 Å². The first-order chi connectivity index (χ1) is 10.4. The molecular weight excluding hydrogens is 286 g/mol. The van der Waals surface area contributed by atoms with E-state index in [0.29, 0.717) is 25.9 Å². The van der Waals surface area contributed by atoms with Crippen LogP contribution in [0.15, 0.2) is 0 Å². The molecule has 7 nitrogen and oxygen atoms in total. The van der Waals surface area contributed by atoms with Gasteiger partial charge in [-0.2, -0.15) is 0 Å². The first-order valence-electron chi connectivity index (χ1n) is 7.76. The van der Waals surface area contributed by atoms with Crippen molar-refractivity contribution in [2.45, 2.75) is 51.6 Å². The Morgan fingerprint density at radius 2 is 1.55 bits per heavy atom. The molecule has 2 heterocycles. The molecule has 0 aromatic carbocycles. The topological polar surface area (TPSA) is 86.8 Å².